The lowest BCUT2D eigenvalue weighted by atomic mass is 9.49. The Labute approximate surface area is 179 Å². The zero-order chi connectivity index (χ0) is 21.0. The summed E-state index contributed by atoms with van der Waals surface area (Å²) < 4.78 is 2.47. The highest BCUT2D eigenvalue weighted by molar-refractivity contribution is 5.89. The van der Waals surface area contributed by atoms with E-state index in [9.17, 15) is 15.1 Å². The van der Waals surface area contributed by atoms with Gasteiger partial charge in [0.2, 0.25) is 0 Å². The molecule has 3 N–H and O–H groups in total. The fourth-order valence-corrected chi connectivity index (χ4v) is 7.44. The number of aromatic nitrogens is 1. The fraction of sp³-hybridized carbons (Fsp3) is 0.440. The second kappa shape index (κ2) is 5.75. The maximum atomic E-state index is 12.4. The molecule has 1 fully saturated rings. The standard InChI is InChI=1S/C25H25N3O3/c29-23-18(27-31)7-6-15-11-20-25(30)12-17-16-5-1-3-14-4-2-10-28(22(14)16)19(17)13-24(25,21(15)23)8-9-26-20/h1,3,5-7,20,26,29-30H,2,4,8-13H2. The number of aliphatic hydroxyl groups is 1. The topological polar surface area (TPSA) is 86.8 Å². The number of phenols is 1. The number of fused-ring (bicyclic) bond motifs is 4. The molecule has 7 rings (SSSR count). The van der Waals surface area contributed by atoms with E-state index in [1.54, 1.807) is 6.07 Å². The first kappa shape index (κ1) is 17.9. The molecule has 2 aliphatic carbocycles. The number of piperidine rings is 1. The lowest BCUT2D eigenvalue weighted by molar-refractivity contribution is -0.106. The molecular weight excluding hydrogens is 390 g/mol. The van der Waals surface area contributed by atoms with Crippen LogP contribution in [0.1, 0.15) is 40.8 Å². The number of aromatic hydroxyl groups is 1. The number of nitrogens with one attached hydrogen (secondary N) is 1. The number of nitroso groups, excluding NO2 is 1. The maximum Gasteiger partial charge on any atom is 0.149 e. The third-order valence-corrected chi connectivity index (χ3v) is 8.72. The van der Waals surface area contributed by atoms with Gasteiger partial charge in [-0.05, 0) is 60.2 Å². The second-order valence-electron chi connectivity index (χ2n) is 9.87. The van der Waals surface area contributed by atoms with E-state index in [0.717, 1.165) is 43.5 Å². The van der Waals surface area contributed by atoms with Gasteiger partial charge in [-0.3, -0.25) is 0 Å². The highest BCUT2D eigenvalue weighted by Crippen LogP contribution is 2.59. The fourth-order valence-electron chi connectivity index (χ4n) is 7.44. The molecule has 0 amide bonds. The zero-order valence-electron chi connectivity index (χ0n) is 17.3. The highest BCUT2D eigenvalue weighted by Gasteiger charge is 2.64. The number of para-hydroxylation sites is 1. The smallest absolute Gasteiger partial charge is 0.149 e. The van der Waals surface area contributed by atoms with Gasteiger partial charge in [-0.1, -0.05) is 24.3 Å². The Bertz CT molecular complexity index is 1300. The predicted octanol–water partition coefficient (Wildman–Crippen LogP) is 3.38. The molecule has 3 unspecified atom stereocenters. The minimum atomic E-state index is -1.02. The van der Waals surface area contributed by atoms with Crippen LogP contribution in [-0.2, 0) is 37.6 Å². The van der Waals surface area contributed by atoms with Gasteiger partial charge in [-0.15, -0.1) is 4.91 Å². The molecule has 3 aromatic rings. The predicted molar refractivity (Wildman–Crippen MR) is 118 cm³/mol. The Morgan fingerprint density at radius 1 is 1.16 bits per heavy atom. The van der Waals surface area contributed by atoms with Crippen LogP contribution in [0.2, 0.25) is 0 Å². The summed E-state index contributed by atoms with van der Waals surface area (Å²) in [5.74, 6) is -0.0369. The maximum absolute atomic E-state index is 12.4. The number of benzene rings is 2. The summed E-state index contributed by atoms with van der Waals surface area (Å²) in [5.41, 5.74) is 5.47. The molecule has 4 aliphatic rings. The van der Waals surface area contributed by atoms with Gasteiger partial charge in [-0.2, -0.15) is 0 Å². The summed E-state index contributed by atoms with van der Waals surface area (Å²) in [6, 6.07) is 10.0. The molecule has 3 atom stereocenters. The minimum absolute atomic E-state index is 0.0369. The SMILES string of the molecule is O=Nc1ccc2c(c1O)C13CCNC(C2)C1(O)Cc1c(n2c4c(cccc14)CCC2)C3. The largest absolute Gasteiger partial charge is 0.505 e. The van der Waals surface area contributed by atoms with E-state index in [4.69, 9.17) is 0 Å². The van der Waals surface area contributed by atoms with E-state index in [1.807, 2.05) is 6.07 Å². The Balaban J connectivity index is 1.56. The zero-order valence-corrected chi connectivity index (χ0v) is 17.3. The Morgan fingerprint density at radius 2 is 2.06 bits per heavy atom. The second-order valence-corrected chi connectivity index (χ2v) is 9.87. The molecule has 3 heterocycles. The molecule has 2 bridgehead atoms. The van der Waals surface area contributed by atoms with Crippen molar-refractivity contribution in [3.63, 3.8) is 0 Å². The van der Waals surface area contributed by atoms with Crippen molar-refractivity contribution >= 4 is 16.6 Å². The van der Waals surface area contributed by atoms with Gasteiger partial charge in [0.1, 0.15) is 11.4 Å². The average molecular weight is 415 g/mol. The normalized spacial score (nSPS) is 30.4. The quantitative estimate of drug-likeness (QED) is 0.532. The number of phenolic OH excluding ortho intramolecular Hbond substituents is 1. The molecule has 2 aromatic carbocycles. The van der Waals surface area contributed by atoms with Crippen molar-refractivity contribution in [1.82, 2.24) is 9.88 Å². The van der Waals surface area contributed by atoms with Crippen LogP contribution in [0.15, 0.2) is 35.5 Å². The van der Waals surface area contributed by atoms with Crippen LogP contribution >= 0.6 is 0 Å². The van der Waals surface area contributed by atoms with Gasteiger partial charge in [0.15, 0.2) is 0 Å². The molecule has 6 nitrogen and oxygen atoms in total. The van der Waals surface area contributed by atoms with Crippen LogP contribution in [0.5, 0.6) is 5.75 Å². The van der Waals surface area contributed by atoms with Gasteiger partial charge in [0.05, 0.1) is 11.1 Å². The summed E-state index contributed by atoms with van der Waals surface area (Å²) in [4.78, 5) is 11.4. The van der Waals surface area contributed by atoms with Gasteiger partial charge in [-0.25, -0.2) is 0 Å². The molecule has 2 aliphatic heterocycles. The van der Waals surface area contributed by atoms with E-state index in [0.29, 0.717) is 19.3 Å². The molecular formula is C25H25N3O3. The van der Waals surface area contributed by atoms with E-state index in [1.165, 1.54) is 27.7 Å². The van der Waals surface area contributed by atoms with E-state index >= 15 is 0 Å². The number of rotatable bonds is 1. The first-order valence-corrected chi connectivity index (χ1v) is 11.3. The van der Waals surface area contributed by atoms with Gasteiger partial charge < -0.3 is 20.1 Å². The van der Waals surface area contributed by atoms with Crippen molar-refractivity contribution < 1.29 is 10.2 Å². The van der Waals surface area contributed by atoms with Crippen LogP contribution < -0.4 is 5.32 Å². The van der Waals surface area contributed by atoms with Crippen LogP contribution in [0.3, 0.4) is 0 Å². The average Bonchev–Trinajstić information content (AvgIpc) is 3.06. The third kappa shape index (κ3) is 1.97. The molecule has 6 heteroatoms. The van der Waals surface area contributed by atoms with E-state index < -0.39 is 11.0 Å². The number of hydrogen-bond acceptors (Lipinski definition) is 5. The third-order valence-electron chi connectivity index (χ3n) is 8.72. The number of aryl methyl sites for hydroxylation is 2. The van der Waals surface area contributed by atoms with Crippen molar-refractivity contribution in [3.05, 3.63) is 63.2 Å². The summed E-state index contributed by atoms with van der Waals surface area (Å²) in [5, 5.41) is 31.4. The Morgan fingerprint density at radius 3 is 2.94 bits per heavy atom. The summed E-state index contributed by atoms with van der Waals surface area (Å²) in [6.45, 7) is 1.78. The molecule has 1 saturated heterocycles. The summed E-state index contributed by atoms with van der Waals surface area (Å²) in [7, 11) is 0. The lowest BCUT2D eigenvalue weighted by Gasteiger charge is -2.61. The minimum Gasteiger partial charge on any atom is -0.505 e. The Hall–Kier alpha value is -2.70. The number of hydrogen-bond donors (Lipinski definition) is 3. The summed E-state index contributed by atoms with van der Waals surface area (Å²) in [6.07, 6.45) is 4.81. The molecule has 0 saturated carbocycles. The van der Waals surface area contributed by atoms with E-state index in [2.05, 4.69) is 33.3 Å². The Kier molecular flexibility index (Phi) is 3.33. The van der Waals surface area contributed by atoms with Gasteiger partial charge in [0, 0.05) is 47.5 Å². The van der Waals surface area contributed by atoms with Crippen LogP contribution in [0.25, 0.3) is 10.9 Å². The first-order chi connectivity index (χ1) is 15.1. The van der Waals surface area contributed by atoms with Crippen molar-refractivity contribution in [1.29, 1.82) is 0 Å². The lowest BCUT2D eigenvalue weighted by Crippen LogP contribution is -2.73. The first-order valence-electron chi connectivity index (χ1n) is 11.3. The molecule has 31 heavy (non-hydrogen) atoms. The monoisotopic (exact) mass is 415 g/mol. The van der Waals surface area contributed by atoms with Crippen LogP contribution in [0, 0.1) is 4.91 Å². The summed E-state index contributed by atoms with van der Waals surface area (Å²) >= 11 is 0. The van der Waals surface area contributed by atoms with Crippen molar-refractivity contribution in [2.45, 2.75) is 62.1 Å². The molecule has 158 valence electrons. The number of nitrogens with zero attached hydrogens (tertiary/aromatic N) is 2. The van der Waals surface area contributed by atoms with Gasteiger partial charge in [0.25, 0.3) is 0 Å². The molecule has 0 radical (unpaired) electrons. The van der Waals surface area contributed by atoms with Crippen molar-refractivity contribution in [3.8, 4) is 5.75 Å². The van der Waals surface area contributed by atoms with Crippen molar-refractivity contribution in [2.24, 2.45) is 5.18 Å². The van der Waals surface area contributed by atoms with E-state index in [-0.39, 0.29) is 17.5 Å². The highest BCUT2D eigenvalue weighted by atomic mass is 16.3. The molecule has 1 aromatic heterocycles. The van der Waals surface area contributed by atoms with Crippen LogP contribution in [-0.4, -0.2) is 33.0 Å². The van der Waals surface area contributed by atoms with Crippen LogP contribution in [0.4, 0.5) is 5.69 Å². The van der Waals surface area contributed by atoms with Crippen molar-refractivity contribution in [2.75, 3.05) is 6.54 Å². The van der Waals surface area contributed by atoms with Gasteiger partial charge >= 0.3 is 0 Å². The molecule has 0 spiro atoms.